The minimum atomic E-state index is -0.144. The Balaban J connectivity index is 1.58. The van der Waals surface area contributed by atoms with Gasteiger partial charge in [0.05, 0.1) is 0 Å². The Kier molecular flexibility index (Phi) is 6.12. The molecule has 0 saturated heterocycles. The lowest BCUT2D eigenvalue weighted by molar-refractivity contribution is -0.117. The van der Waals surface area contributed by atoms with Crippen LogP contribution >= 0.6 is 0 Å². The Hall–Kier alpha value is -2.82. The summed E-state index contributed by atoms with van der Waals surface area (Å²) >= 11 is 0. The quantitative estimate of drug-likeness (QED) is 0.723. The molecule has 0 unspecified atom stereocenters. The van der Waals surface area contributed by atoms with Crippen LogP contribution in [0.15, 0.2) is 48.5 Å². The molecule has 5 heteroatoms. The highest BCUT2D eigenvalue weighted by molar-refractivity contribution is 6.04. The summed E-state index contributed by atoms with van der Waals surface area (Å²) in [4.78, 5) is 26.5. The fraction of sp³-hybridized carbons (Fsp3) is 0.364. The van der Waals surface area contributed by atoms with Gasteiger partial charge in [-0.1, -0.05) is 6.92 Å². The molecule has 1 aliphatic carbocycles. The molecule has 27 heavy (non-hydrogen) atoms. The number of rotatable bonds is 8. The summed E-state index contributed by atoms with van der Waals surface area (Å²) in [7, 11) is 0. The number of amides is 2. The molecule has 2 N–H and O–H groups in total. The van der Waals surface area contributed by atoms with Gasteiger partial charge in [-0.25, -0.2) is 0 Å². The molecule has 0 heterocycles. The van der Waals surface area contributed by atoms with Crippen LogP contribution in [0.4, 0.5) is 17.1 Å². The third kappa shape index (κ3) is 5.09. The van der Waals surface area contributed by atoms with Crippen LogP contribution in [0.25, 0.3) is 0 Å². The van der Waals surface area contributed by atoms with Crippen molar-refractivity contribution in [3.63, 3.8) is 0 Å². The predicted octanol–water partition coefficient (Wildman–Crippen LogP) is 4.52. The Morgan fingerprint density at radius 1 is 0.926 bits per heavy atom. The SMILES string of the molecule is CCCN(CC)c1ccc(C(=O)Nc2ccc(NC(=O)C3CC3)cc2)cc1. The van der Waals surface area contributed by atoms with Crippen molar-refractivity contribution in [2.45, 2.75) is 33.1 Å². The van der Waals surface area contributed by atoms with Gasteiger partial charge in [0.25, 0.3) is 5.91 Å². The van der Waals surface area contributed by atoms with Gasteiger partial charge in [0.2, 0.25) is 5.91 Å². The van der Waals surface area contributed by atoms with E-state index >= 15 is 0 Å². The van der Waals surface area contributed by atoms with Crippen LogP contribution in [-0.4, -0.2) is 24.9 Å². The van der Waals surface area contributed by atoms with Crippen LogP contribution in [0, 0.1) is 5.92 Å². The van der Waals surface area contributed by atoms with Crippen molar-refractivity contribution in [2.24, 2.45) is 5.92 Å². The summed E-state index contributed by atoms with van der Waals surface area (Å²) in [6.07, 6.45) is 3.05. The van der Waals surface area contributed by atoms with E-state index in [1.165, 1.54) is 0 Å². The lowest BCUT2D eigenvalue weighted by atomic mass is 10.1. The molecular formula is C22H27N3O2. The van der Waals surface area contributed by atoms with Gasteiger partial charge in [-0.15, -0.1) is 0 Å². The normalized spacial score (nSPS) is 13.1. The van der Waals surface area contributed by atoms with E-state index in [2.05, 4.69) is 29.4 Å². The average molecular weight is 365 g/mol. The van der Waals surface area contributed by atoms with Crippen LogP contribution in [0.5, 0.6) is 0 Å². The molecule has 0 aromatic heterocycles. The first-order valence-electron chi connectivity index (χ1n) is 9.68. The van der Waals surface area contributed by atoms with Crippen LogP contribution in [0.1, 0.15) is 43.5 Å². The summed E-state index contributed by atoms with van der Waals surface area (Å²) in [6, 6.07) is 14.9. The first-order chi connectivity index (χ1) is 13.1. The van der Waals surface area contributed by atoms with Gasteiger partial charge in [0.1, 0.15) is 0 Å². The second kappa shape index (κ2) is 8.71. The lowest BCUT2D eigenvalue weighted by Crippen LogP contribution is -2.23. The van der Waals surface area contributed by atoms with E-state index in [0.717, 1.165) is 43.7 Å². The largest absolute Gasteiger partial charge is 0.372 e. The Labute approximate surface area is 160 Å². The van der Waals surface area contributed by atoms with Crippen LogP contribution in [-0.2, 0) is 4.79 Å². The van der Waals surface area contributed by atoms with Gasteiger partial charge in [-0.3, -0.25) is 9.59 Å². The molecule has 1 fully saturated rings. The minimum Gasteiger partial charge on any atom is -0.372 e. The highest BCUT2D eigenvalue weighted by Gasteiger charge is 2.29. The van der Waals surface area contributed by atoms with Gasteiger partial charge in [0.15, 0.2) is 0 Å². The smallest absolute Gasteiger partial charge is 0.255 e. The van der Waals surface area contributed by atoms with E-state index in [1.807, 2.05) is 36.4 Å². The van der Waals surface area contributed by atoms with Crippen LogP contribution < -0.4 is 15.5 Å². The molecule has 2 aromatic rings. The van der Waals surface area contributed by atoms with E-state index in [-0.39, 0.29) is 17.7 Å². The molecule has 1 aliphatic rings. The van der Waals surface area contributed by atoms with E-state index in [0.29, 0.717) is 11.3 Å². The standard InChI is InChI=1S/C22H27N3O2/c1-3-15-25(4-2)20-13-7-17(8-14-20)22(27)24-19-11-9-18(10-12-19)23-21(26)16-5-6-16/h7-14,16H,3-6,15H2,1-2H3,(H,23,26)(H,24,27). The van der Waals surface area contributed by atoms with Gasteiger partial charge in [-0.2, -0.15) is 0 Å². The van der Waals surface area contributed by atoms with E-state index < -0.39 is 0 Å². The second-order valence-corrected chi connectivity index (χ2v) is 6.92. The third-order valence-electron chi connectivity index (χ3n) is 4.73. The summed E-state index contributed by atoms with van der Waals surface area (Å²) in [5.41, 5.74) is 3.21. The Bertz CT molecular complexity index is 780. The minimum absolute atomic E-state index is 0.0797. The summed E-state index contributed by atoms with van der Waals surface area (Å²) < 4.78 is 0. The van der Waals surface area contributed by atoms with E-state index in [1.54, 1.807) is 12.1 Å². The summed E-state index contributed by atoms with van der Waals surface area (Å²) in [6.45, 7) is 6.24. The second-order valence-electron chi connectivity index (χ2n) is 6.92. The lowest BCUT2D eigenvalue weighted by Gasteiger charge is -2.22. The molecule has 0 bridgehead atoms. The van der Waals surface area contributed by atoms with E-state index in [9.17, 15) is 9.59 Å². The fourth-order valence-corrected chi connectivity index (χ4v) is 2.99. The van der Waals surface area contributed by atoms with Gasteiger partial charge in [0, 0.05) is 41.6 Å². The molecule has 2 amide bonds. The summed E-state index contributed by atoms with van der Waals surface area (Å²) in [5, 5.41) is 5.79. The zero-order chi connectivity index (χ0) is 19.2. The number of nitrogens with one attached hydrogen (secondary N) is 2. The molecular weight excluding hydrogens is 338 g/mol. The maximum atomic E-state index is 12.5. The predicted molar refractivity (Wildman–Crippen MR) is 110 cm³/mol. The van der Waals surface area contributed by atoms with Gasteiger partial charge in [-0.05, 0) is 74.7 Å². The molecule has 0 spiro atoms. The van der Waals surface area contributed by atoms with E-state index in [4.69, 9.17) is 0 Å². The topological polar surface area (TPSA) is 61.4 Å². The highest BCUT2D eigenvalue weighted by atomic mass is 16.2. The van der Waals surface area contributed by atoms with Crippen LogP contribution in [0.3, 0.4) is 0 Å². The van der Waals surface area contributed by atoms with Crippen LogP contribution in [0.2, 0.25) is 0 Å². The zero-order valence-corrected chi connectivity index (χ0v) is 16.0. The molecule has 0 aliphatic heterocycles. The number of carbonyl (C=O) groups excluding carboxylic acids is 2. The maximum Gasteiger partial charge on any atom is 0.255 e. The van der Waals surface area contributed by atoms with Crippen molar-refractivity contribution >= 4 is 28.9 Å². The number of nitrogens with zero attached hydrogens (tertiary/aromatic N) is 1. The monoisotopic (exact) mass is 365 g/mol. The number of hydrogen-bond acceptors (Lipinski definition) is 3. The Morgan fingerprint density at radius 3 is 2.04 bits per heavy atom. The van der Waals surface area contributed by atoms with Crippen molar-refractivity contribution in [1.29, 1.82) is 0 Å². The first kappa shape index (κ1) is 19.0. The Morgan fingerprint density at radius 2 is 1.52 bits per heavy atom. The highest BCUT2D eigenvalue weighted by Crippen LogP contribution is 2.30. The maximum absolute atomic E-state index is 12.5. The average Bonchev–Trinajstić information content (AvgIpc) is 3.53. The zero-order valence-electron chi connectivity index (χ0n) is 16.0. The number of anilines is 3. The summed E-state index contributed by atoms with van der Waals surface area (Å²) in [5.74, 6) is 0.110. The van der Waals surface area contributed by atoms with Crippen molar-refractivity contribution in [3.05, 3.63) is 54.1 Å². The molecule has 1 saturated carbocycles. The molecule has 142 valence electrons. The number of hydrogen-bond donors (Lipinski definition) is 2. The molecule has 0 atom stereocenters. The molecule has 5 nitrogen and oxygen atoms in total. The van der Waals surface area contributed by atoms with Crippen molar-refractivity contribution < 1.29 is 9.59 Å². The fourth-order valence-electron chi connectivity index (χ4n) is 2.99. The third-order valence-corrected chi connectivity index (χ3v) is 4.73. The van der Waals surface area contributed by atoms with Crippen molar-refractivity contribution in [3.8, 4) is 0 Å². The van der Waals surface area contributed by atoms with Gasteiger partial charge < -0.3 is 15.5 Å². The first-order valence-corrected chi connectivity index (χ1v) is 9.68. The number of carbonyl (C=O) groups is 2. The van der Waals surface area contributed by atoms with Crippen molar-refractivity contribution in [1.82, 2.24) is 0 Å². The molecule has 3 rings (SSSR count). The van der Waals surface area contributed by atoms with Crippen molar-refractivity contribution in [2.75, 3.05) is 28.6 Å². The van der Waals surface area contributed by atoms with Gasteiger partial charge >= 0.3 is 0 Å². The molecule has 0 radical (unpaired) electrons. The number of benzene rings is 2. The molecule has 2 aromatic carbocycles.